The fraction of sp³-hybridized carbons (Fsp3) is 0.143. The van der Waals surface area contributed by atoms with Crippen LogP contribution < -0.4 is 15.2 Å². The quantitative estimate of drug-likeness (QED) is 0.290. The Bertz CT molecular complexity index is 1350. The van der Waals surface area contributed by atoms with Gasteiger partial charge in [-0.1, -0.05) is 64.5 Å². The number of halogens is 1. The smallest absolute Gasteiger partial charge is 0.161 e. The second-order valence-electron chi connectivity index (χ2n) is 7.69. The Morgan fingerprint density at radius 2 is 1.65 bits per heavy atom. The van der Waals surface area contributed by atoms with Gasteiger partial charge in [0.25, 0.3) is 0 Å². The molecule has 4 aromatic rings. The lowest BCUT2D eigenvalue weighted by atomic mass is 9.90. The topological polar surface area (TPSA) is 81.2 Å². The van der Waals surface area contributed by atoms with Crippen molar-refractivity contribution in [2.45, 2.75) is 20.5 Å². The van der Waals surface area contributed by atoms with Crippen LogP contribution in [0.3, 0.4) is 0 Å². The molecule has 0 aliphatic heterocycles. The van der Waals surface area contributed by atoms with Crippen LogP contribution >= 0.6 is 15.9 Å². The number of nitrogen functional groups attached to an aromatic ring is 1. The Hall–Kier alpha value is -3.82. The minimum Gasteiger partial charge on any atom is -0.490 e. The summed E-state index contributed by atoms with van der Waals surface area (Å²) < 4.78 is 13.0. The first-order chi connectivity index (χ1) is 16.5. The standard InChI is InChI=1S/C28H24BrN3O2/c1-3-33-25-15-21(11-14-24(25)34-17-19-9-12-22(29)13-10-19)27-23(16-30)28(31)32-18(2)26(27)20-7-5-4-6-8-20/h4-15H,3,17H2,1-2H3,(H2,31,32). The van der Waals surface area contributed by atoms with Gasteiger partial charge in [-0.25, -0.2) is 4.98 Å². The van der Waals surface area contributed by atoms with Crippen LogP contribution in [-0.2, 0) is 6.61 Å². The van der Waals surface area contributed by atoms with Crippen molar-refractivity contribution >= 4 is 21.7 Å². The monoisotopic (exact) mass is 513 g/mol. The van der Waals surface area contributed by atoms with Crippen LogP contribution in [0.4, 0.5) is 5.82 Å². The third-order valence-corrected chi connectivity index (χ3v) is 5.95. The lowest BCUT2D eigenvalue weighted by Crippen LogP contribution is -2.04. The summed E-state index contributed by atoms with van der Waals surface area (Å²) >= 11 is 3.45. The molecule has 0 radical (unpaired) electrons. The zero-order valence-corrected chi connectivity index (χ0v) is 20.6. The molecule has 0 aliphatic rings. The predicted octanol–water partition coefficient (Wildman–Crippen LogP) is 6.92. The molecule has 0 amide bonds. The number of benzene rings is 3. The molecule has 5 nitrogen and oxygen atoms in total. The van der Waals surface area contributed by atoms with Gasteiger partial charge in [-0.3, -0.25) is 0 Å². The number of ether oxygens (including phenoxy) is 2. The Morgan fingerprint density at radius 3 is 2.32 bits per heavy atom. The highest BCUT2D eigenvalue weighted by Gasteiger charge is 2.21. The van der Waals surface area contributed by atoms with E-state index in [1.54, 1.807) is 0 Å². The van der Waals surface area contributed by atoms with E-state index >= 15 is 0 Å². The van der Waals surface area contributed by atoms with Crippen LogP contribution in [0, 0.1) is 18.3 Å². The molecule has 0 saturated carbocycles. The number of hydrogen-bond donors (Lipinski definition) is 1. The summed E-state index contributed by atoms with van der Waals surface area (Å²) in [6.45, 7) is 4.72. The Kier molecular flexibility index (Phi) is 7.15. The van der Waals surface area contributed by atoms with Gasteiger partial charge in [0.1, 0.15) is 24.1 Å². The summed E-state index contributed by atoms with van der Waals surface area (Å²) in [7, 11) is 0. The first-order valence-electron chi connectivity index (χ1n) is 10.9. The SMILES string of the molecule is CCOc1cc(-c2c(C#N)c(N)nc(C)c2-c2ccccc2)ccc1OCc1ccc(Br)cc1. The van der Waals surface area contributed by atoms with E-state index in [1.165, 1.54) is 0 Å². The fourth-order valence-corrected chi connectivity index (χ4v) is 4.14. The molecule has 0 fully saturated rings. The predicted molar refractivity (Wildman–Crippen MR) is 139 cm³/mol. The van der Waals surface area contributed by atoms with Crippen LogP contribution in [0.5, 0.6) is 11.5 Å². The average Bonchev–Trinajstić information content (AvgIpc) is 2.84. The minimum absolute atomic E-state index is 0.211. The van der Waals surface area contributed by atoms with Gasteiger partial charge in [0, 0.05) is 21.3 Å². The summed E-state index contributed by atoms with van der Waals surface area (Å²) in [6, 6.07) is 25.8. The van der Waals surface area contributed by atoms with E-state index in [-0.39, 0.29) is 5.82 Å². The van der Waals surface area contributed by atoms with Gasteiger partial charge in [-0.2, -0.15) is 5.26 Å². The number of aromatic nitrogens is 1. The van der Waals surface area contributed by atoms with Crippen LogP contribution in [-0.4, -0.2) is 11.6 Å². The molecule has 3 aromatic carbocycles. The van der Waals surface area contributed by atoms with Crippen molar-refractivity contribution < 1.29 is 9.47 Å². The molecular formula is C28H24BrN3O2. The maximum Gasteiger partial charge on any atom is 0.161 e. The van der Waals surface area contributed by atoms with E-state index in [1.807, 2.05) is 86.6 Å². The van der Waals surface area contributed by atoms with E-state index in [2.05, 4.69) is 27.0 Å². The highest BCUT2D eigenvalue weighted by molar-refractivity contribution is 9.10. The lowest BCUT2D eigenvalue weighted by Gasteiger charge is -2.18. The normalized spacial score (nSPS) is 10.5. The van der Waals surface area contributed by atoms with Gasteiger partial charge in [0.15, 0.2) is 11.5 Å². The number of pyridine rings is 1. The third kappa shape index (κ3) is 4.90. The number of aryl methyl sites for hydroxylation is 1. The van der Waals surface area contributed by atoms with Crippen molar-refractivity contribution in [3.05, 3.63) is 94.1 Å². The highest BCUT2D eigenvalue weighted by atomic mass is 79.9. The highest BCUT2D eigenvalue weighted by Crippen LogP contribution is 2.41. The second kappa shape index (κ2) is 10.4. The van der Waals surface area contributed by atoms with Crippen molar-refractivity contribution in [3.8, 4) is 39.8 Å². The number of nitrogens with two attached hydrogens (primary N) is 1. The van der Waals surface area contributed by atoms with E-state index < -0.39 is 0 Å². The van der Waals surface area contributed by atoms with Crippen molar-refractivity contribution in [3.63, 3.8) is 0 Å². The Balaban J connectivity index is 1.81. The van der Waals surface area contributed by atoms with Gasteiger partial charge < -0.3 is 15.2 Å². The zero-order valence-electron chi connectivity index (χ0n) is 19.0. The van der Waals surface area contributed by atoms with Gasteiger partial charge in [-0.05, 0) is 54.8 Å². The number of hydrogen-bond acceptors (Lipinski definition) is 5. The van der Waals surface area contributed by atoms with Crippen molar-refractivity contribution in [2.24, 2.45) is 0 Å². The number of nitriles is 1. The van der Waals surface area contributed by atoms with E-state index in [0.29, 0.717) is 30.3 Å². The third-order valence-electron chi connectivity index (χ3n) is 5.42. The molecule has 0 spiro atoms. The first kappa shape index (κ1) is 23.3. The molecule has 0 aliphatic carbocycles. The summed E-state index contributed by atoms with van der Waals surface area (Å²) in [4.78, 5) is 4.45. The summed E-state index contributed by atoms with van der Waals surface area (Å²) in [6.07, 6.45) is 0. The Morgan fingerprint density at radius 1 is 0.912 bits per heavy atom. The van der Waals surface area contributed by atoms with E-state index in [4.69, 9.17) is 15.2 Å². The van der Waals surface area contributed by atoms with E-state index in [0.717, 1.165) is 38.0 Å². The largest absolute Gasteiger partial charge is 0.490 e. The molecule has 170 valence electrons. The first-order valence-corrected chi connectivity index (χ1v) is 11.7. The molecule has 4 rings (SSSR count). The molecule has 6 heteroatoms. The van der Waals surface area contributed by atoms with Gasteiger partial charge in [0.05, 0.1) is 6.61 Å². The number of nitrogens with zero attached hydrogens (tertiary/aromatic N) is 2. The molecule has 0 unspecified atom stereocenters. The molecule has 0 atom stereocenters. The second-order valence-corrected chi connectivity index (χ2v) is 8.61. The molecule has 2 N–H and O–H groups in total. The van der Waals surface area contributed by atoms with Crippen LogP contribution in [0.2, 0.25) is 0 Å². The average molecular weight is 514 g/mol. The van der Waals surface area contributed by atoms with Crippen molar-refractivity contribution in [2.75, 3.05) is 12.3 Å². The summed E-state index contributed by atoms with van der Waals surface area (Å²) in [5.74, 6) is 1.45. The Labute approximate surface area is 207 Å². The van der Waals surface area contributed by atoms with E-state index in [9.17, 15) is 5.26 Å². The fourth-order valence-electron chi connectivity index (χ4n) is 3.88. The van der Waals surface area contributed by atoms with Crippen LogP contribution in [0.15, 0.2) is 77.3 Å². The molecule has 1 heterocycles. The van der Waals surface area contributed by atoms with Crippen LogP contribution in [0.25, 0.3) is 22.3 Å². The summed E-state index contributed by atoms with van der Waals surface area (Å²) in [5.41, 5.74) is 11.7. The number of rotatable bonds is 7. The zero-order chi connectivity index (χ0) is 24.1. The van der Waals surface area contributed by atoms with Gasteiger partial charge >= 0.3 is 0 Å². The van der Waals surface area contributed by atoms with Crippen LogP contribution in [0.1, 0.15) is 23.7 Å². The minimum atomic E-state index is 0.211. The van der Waals surface area contributed by atoms with Gasteiger partial charge in [0.2, 0.25) is 0 Å². The molecule has 1 aromatic heterocycles. The van der Waals surface area contributed by atoms with Gasteiger partial charge in [-0.15, -0.1) is 0 Å². The maximum atomic E-state index is 9.95. The summed E-state index contributed by atoms with van der Waals surface area (Å²) in [5, 5.41) is 9.95. The van der Waals surface area contributed by atoms with Crippen molar-refractivity contribution in [1.82, 2.24) is 4.98 Å². The molecule has 0 saturated heterocycles. The van der Waals surface area contributed by atoms with Crippen molar-refractivity contribution in [1.29, 1.82) is 5.26 Å². The maximum absolute atomic E-state index is 9.95. The molecule has 34 heavy (non-hydrogen) atoms. The molecule has 0 bridgehead atoms. The molecular weight excluding hydrogens is 490 g/mol. The number of anilines is 1. The lowest BCUT2D eigenvalue weighted by molar-refractivity contribution is 0.269.